The van der Waals surface area contributed by atoms with E-state index in [0.717, 1.165) is 12.2 Å². The fourth-order valence-corrected chi connectivity index (χ4v) is 0.965. The van der Waals surface area contributed by atoms with Crippen LogP contribution in [0.3, 0.4) is 0 Å². The molecule has 0 atom stereocenters. The Morgan fingerprint density at radius 2 is 2.44 bits per heavy atom. The Bertz CT molecular complexity index is 99.1. The Labute approximate surface area is 60.5 Å². The molecule has 1 nitrogen and oxygen atoms in total. The van der Waals surface area contributed by atoms with Gasteiger partial charge in [0.25, 0.3) is 0 Å². The van der Waals surface area contributed by atoms with E-state index in [4.69, 9.17) is 0 Å². The lowest BCUT2D eigenvalue weighted by Crippen LogP contribution is -1.89. The zero-order valence-electron chi connectivity index (χ0n) is 5.72. The molecule has 0 unspecified atom stereocenters. The maximum Gasteiger partial charge on any atom is 0.129 e. The molecule has 0 radical (unpaired) electrons. The van der Waals surface area contributed by atoms with Gasteiger partial charge in [-0.05, 0) is 24.5 Å². The molecule has 0 fully saturated rings. The highest BCUT2D eigenvalue weighted by atomic mass is 32.2. The molecule has 0 aliphatic rings. The number of carbonyl (C=O) groups excluding carboxylic acids is 1. The van der Waals surface area contributed by atoms with Crippen LogP contribution in [0.1, 0.15) is 19.8 Å². The molecular formula is C7H12OS. The zero-order chi connectivity index (χ0) is 7.11. The van der Waals surface area contributed by atoms with Gasteiger partial charge in [0.1, 0.15) is 5.78 Å². The second-order valence-corrected chi connectivity index (χ2v) is 2.92. The van der Waals surface area contributed by atoms with Crippen molar-refractivity contribution in [3.05, 3.63) is 12.0 Å². The predicted molar refractivity (Wildman–Crippen MR) is 42.6 cm³/mol. The number of hydrogen-bond donors (Lipinski definition) is 0. The Kier molecular flexibility index (Phi) is 5.73. The van der Waals surface area contributed by atoms with Crippen molar-refractivity contribution >= 4 is 17.5 Å². The van der Waals surface area contributed by atoms with Crippen LogP contribution in [0.4, 0.5) is 0 Å². The van der Waals surface area contributed by atoms with Gasteiger partial charge in [-0.25, -0.2) is 0 Å². The number of thioether (sulfide) groups is 1. The van der Waals surface area contributed by atoms with Gasteiger partial charge >= 0.3 is 0 Å². The minimum absolute atomic E-state index is 0.277. The van der Waals surface area contributed by atoms with Crippen LogP contribution >= 0.6 is 11.8 Å². The fourth-order valence-electron chi connectivity index (χ4n) is 0.488. The van der Waals surface area contributed by atoms with Crippen molar-refractivity contribution in [3.8, 4) is 0 Å². The molecule has 9 heavy (non-hydrogen) atoms. The van der Waals surface area contributed by atoms with Crippen LogP contribution in [-0.4, -0.2) is 11.5 Å². The lowest BCUT2D eigenvalue weighted by Gasteiger charge is -1.91. The van der Waals surface area contributed by atoms with Crippen LogP contribution in [0.5, 0.6) is 0 Å². The Hall–Kier alpha value is -0.240. The van der Waals surface area contributed by atoms with E-state index in [1.807, 2.05) is 0 Å². The minimum Gasteiger partial charge on any atom is -0.300 e. The Morgan fingerprint density at radius 3 is 2.89 bits per heavy atom. The summed E-state index contributed by atoms with van der Waals surface area (Å²) in [6, 6.07) is 0. The van der Waals surface area contributed by atoms with Crippen molar-refractivity contribution in [2.75, 3.05) is 5.75 Å². The number of Topliss-reactive ketones (excluding diaryl/α,β-unsaturated/α-hetero) is 1. The predicted octanol–water partition coefficient (Wildman–Crippen LogP) is 2.23. The van der Waals surface area contributed by atoms with Gasteiger partial charge in [-0.1, -0.05) is 6.58 Å². The van der Waals surface area contributed by atoms with Crippen LogP contribution in [-0.2, 0) is 4.79 Å². The molecule has 0 aromatic rings. The van der Waals surface area contributed by atoms with E-state index in [1.165, 1.54) is 0 Å². The first-order valence-corrected chi connectivity index (χ1v) is 4.04. The van der Waals surface area contributed by atoms with Crippen molar-refractivity contribution < 1.29 is 4.79 Å². The van der Waals surface area contributed by atoms with Gasteiger partial charge in [0, 0.05) is 6.42 Å². The second kappa shape index (κ2) is 5.89. The summed E-state index contributed by atoms with van der Waals surface area (Å²) in [5.74, 6) is 1.29. The first kappa shape index (κ1) is 8.76. The Balaban J connectivity index is 2.91. The first-order chi connectivity index (χ1) is 4.27. The summed E-state index contributed by atoms with van der Waals surface area (Å²) in [5.41, 5.74) is 0. The highest BCUT2D eigenvalue weighted by molar-refractivity contribution is 8.02. The van der Waals surface area contributed by atoms with Gasteiger partial charge in [-0.15, -0.1) is 11.8 Å². The zero-order valence-corrected chi connectivity index (χ0v) is 6.54. The van der Waals surface area contributed by atoms with Gasteiger partial charge in [0.05, 0.1) is 0 Å². The summed E-state index contributed by atoms with van der Waals surface area (Å²) in [5, 5.41) is 1.81. The molecular weight excluding hydrogens is 132 g/mol. The van der Waals surface area contributed by atoms with Crippen molar-refractivity contribution in [2.45, 2.75) is 19.8 Å². The summed E-state index contributed by atoms with van der Waals surface area (Å²) >= 11 is 1.66. The molecule has 0 bridgehead atoms. The third-order valence-corrected chi connectivity index (χ3v) is 1.67. The van der Waals surface area contributed by atoms with Crippen LogP contribution in [0, 0.1) is 0 Å². The SMILES string of the molecule is C=CSCCCC(C)=O. The average Bonchev–Trinajstić information content (AvgIpc) is 1.80. The number of ketones is 1. The average molecular weight is 144 g/mol. The molecule has 0 aliphatic carbocycles. The van der Waals surface area contributed by atoms with Gasteiger partial charge in [0.2, 0.25) is 0 Å². The lowest BCUT2D eigenvalue weighted by molar-refractivity contribution is -0.117. The molecule has 0 rings (SSSR count). The largest absolute Gasteiger partial charge is 0.300 e. The standard InChI is InChI=1S/C7H12OS/c1-3-9-6-4-5-7(2)8/h3H,1,4-6H2,2H3. The molecule has 0 spiro atoms. The van der Waals surface area contributed by atoms with Crippen molar-refractivity contribution in [2.24, 2.45) is 0 Å². The van der Waals surface area contributed by atoms with Crippen LogP contribution < -0.4 is 0 Å². The van der Waals surface area contributed by atoms with E-state index < -0.39 is 0 Å². The van der Waals surface area contributed by atoms with E-state index in [1.54, 1.807) is 24.1 Å². The lowest BCUT2D eigenvalue weighted by atomic mass is 10.3. The maximum absolute atomic E-state index is 10.4. The third-order valence-electron chi connectivity index (χ3n) is 0.909. The number of hydrogen-bond acceptors (Lipinski definition) is 2. The molecule has 0 heterocycles. The molecule has 0 aromatic carbocycles. The molecule has 0 saturated heterocycles. The molecule has 0 saturated carbocycles. The van der Waals surface area contributed by atoms with Crippen molar-refractivity contribution in [1.82, 2.24) is 0 Å². The van der Waals surface area contributed by atoms with Crippen molar-refractivity contribution in [3.63, 3.8) is 0 Å². The quantitative estimate of drug-likeness (QED) is 0.550. The molecule has 0 aromatic heterocycles. The number of carbonyl (C=O) groups is 1. The van der Waals surface area contributed by atoms with E-state index in [0.29, 0.717) is 6.42 Å². The van der Waals surface area contributed by atoms with Gasteiger partial charge < -0.3 is 4.79 Å². The van der Waals surface area contributed by atoms with Gasteiger partial charge in [-0.3, -0.25) is 0 Å². The van der Waals surface area contributed by atoms with Crippen LogP contribution in [0.15, 0.2) is 12.0 Å². The molecule has 2 heteroatoms. The van der Waals surface area contributed by atoms with E-state index >= 15 is 0 Å². The smallest absolute Gasteiger partial charge is 0.129 e. The first-order valence-electron chi connectivity index (χ1n) is 2.99. The highest BCUT2D eigenvalue weighted by Crippen LogP contribution is 2.04. The maximum atomic E-state index is 10.4. The summed E-state index contributed by atoms with van der Waals surface area (Å²) < 4.78 is 0. The number of rotatable bonds is 5. The second-order valence-electron chi connectivity index (χ2n) is 1.84. The van der Waals surface area contributed by atoms with E-state index in [2.05, 4.69) is 6.58 Å². The normalized spacial score (nSPS) is 9.00. The summed E-state index contributed by atoms with van der Waals surface area (Å²) in [4.78, 5) is 10.4. The Morgan fingerprint density at radius 1 is 1.78 bits per heavy atom. The van der Waals surface area contributed by atoms with Crippen LogP contribution in [0.2, 0.25) is 0 Å². The molecule has 0 amide bonds. The molecule has 0 N–H and O–H groups in total. The minimum atomic E-state index is 0.277. The monoisotopic (exact) mass is 144 g/mol. The topological polar surface area (TPSA) is 17.1 Å². The third kappa shape index (κ3) is 7.76. The van der Waals surface area contributed by atoms with Crippen LogP contribution in [0.25, 0.3) is 0 Å². The summed E-state index contributed by atoms with van der Waals surface area (Å²) in [7, 11) is 0. The molecule has 52 valence electrons. The highest BCUT2D eigenvalue weighted by Gasteiger charge is 1.90. The van der Waals surface area contributed by atoms with Crippen molar-refractivity contribution in [1.29, 1.82) is 0 Å². The van der Waals surface area contributed by atoms with Gasteiger partial charge in [-0.2, -0.15) is 0 Å². The van der Waals surface area contributed by atoms with Gasteiger partial charge in [0.15, 0.2) is 0 Å². The fraction of sp³-hybridized carbons (Fsp3) is 0.571. The summed E-state index contributed by atoms with van der Waals surface area (Å²) in [6.07, 6.45) is 1.69. The molecule has 0 aliphatic heterocycles. The summed E-state index contributed by atoms with van der Waals surface area (Å²) in [6.45, 7) is 5.18. The van der Waals surface area contributed by atoms with E-state index in [-0.39, 0.29) is 5.78 Å². The van der Waals surface area contributed by atoms with E-state index in [9.17, 15) is 4.79 Å².